The summed E-state index contributed by atoms with van der Waals surface area (Å²) in [5.74, 6) is -0.554. The molecule has 13 heavy (non-hydrogen) atoms. The molecule has 1 aliphatic rings. The molecule has 2 amide bonds. The Morgan fingerprint density at radius 1 is 1.54 bits per heavy atom. The van der Waals surface area contributed by atoms with Gasteiger partial charge in [0.2, 0.25) is 5.91 Å². The Morgan fingerprint density at radius 2 is 2.23 bits per heavy atom. The first-order valence-corrected chi connectivity index (χ1v) is 4.27. The Kier molecular flexibility index (Phi) is 3.11. The van der Waals surface area contributed by atoms with Gasteiger partial charge in [0.1, 0.15) is 0 Å². The van der Waals surface area contributed by atoms with Crippen LogP contribution in [0.4, 0.5) is 4.79 Å². The number of likely N-dealkylation sites (tertiary alicyclic amines) is 1. The molecule has 0 radical (unpaired) electrons. The molecule has 0 spiro atoms. The van der Waals surface area contributed by atoms with Crippen LogP contribution in [0, 0.1) is 5.92 Å². The number of piperidine rings is 1. The van der Waals surface area contributed by atoms with E-state index in [1.54, 1.807) is 0 Å². The van der Waals surface area contributed by atoms with Gasteiger partial charge < -0.3 is 15.4 Å². The minimum atomic E-state index is -0.383. The van der Waals surface area contributed by atoms with E-state index in [4.69, 9.17) is 5.73 Å². The molecule has 1 rings (SSSR count). The summed E-state index contributed by atoms with van der Waals surface area (Å²) in [4.78, 5) is 23.5. The van der Waals surface area contributed by atoms with Crippen LogP contribution in [0.2, 0.25) is 0 Å². The third-order valence-corrected chi connectivity index (χ3v) is 2.26. The van der Waals surface area contributed by atoms with E-state index in [2.05, 4.69) is 4.74 Å². The standard InChI is InChI=1S/C8H14N2O3/c1-13-8(12)10-4-2-3-6(5-10)7(9)11/h6H,2-5H2,1H3,(H2,9,11)/t6-/m0/s1. The number of methoxy groups -OCH3 is 1. The second-order valence-corrected chi connectivity index (χ2v) is 3.16. The number of ether oxygens (including phenoxy) is 1. The Hall–Kier alpha value is -1.26. The van der Waals surface area contributed by atoms with Crippen LogP contribution in [-0.4, -0.2) is 37.1 Å². The first kappa shape index (κ1) is 9.83. The third-order valence-electron chi connectivity index (χ3n) is 2.26. The highest BCUT2D eigenvalue weighted by Gasteiger charge is 2.27. The number of nitrogens with zero attached hydrogens (tertiary/aromatic N) is 1. The van der Waals surface area contributed by atoms with Gasteiger partial charge in [-0.25, -0.2) is 4.79 Å². The van der Waals surface area contributed by atoms with Crippen molar-refractivity contribution in [1.82, 2.24) is 4.90 Å². The summed E-state index contributed by atoms with van der Waals surface area (Å²) in [7, 11) is 1.33. The van der Waals surface area contributed by atoms with Crippen molar-refractivity contribution in [3.8, 4) is 0 Å². The van der Waals surface area contributed by atoms with Crippen molar-refractivity contribution >= 4 is 12.0 Å². The SMILES string of the molecule is COC(=O)N1CCC[C@H](C(N)=O)C1. The van der Waals surface area contributed by atoms with E-state index < -0.39 is 0 Å². The topological polar surface area (TPSA) is 72.6 Å². The van der Waals surface area contributed by atoms with Gasteiger partial charge in [-0.05, 0) is 12.8 Å². The van der Waals surface area contributed by atoms with E-state index in [0.29, 0.717) is 13.1 Å². The number of carbonyl (C=O) groups is 2. The molecule has 0 saturated carbocycles. The van der Waals surface area contributed by atoms with Gasteiger partial charge in [0, 0.05) is 13.1 Å². The van der Waals surface area contributed by atoms with Gasteiger partial charge in [-0.2, -0.15) is 0 Å². The van der Waals surface area contributed by atoms with Gasteiger partial charge in [0.25, 0.3) is 0 Å². The molecule has 74 valence electrons. The van der Waals surface area contributed by atoms with Crippen LogP contribution in [0.1, 0.15) is 12.8 Å². The van der Waals surface area contributed by atoms with E-state index >= 15 is 0 Å². The van der Waals surface area contributed by atoms with E-state index in [1.807, 2.05) is 0 Å². The van der Waals surface area contributed by atoms with Crippen LogP contribution in [0.25, 0.3) is 0 Å². The van der Waals surface area contributed by atoms with Crippen LogP contribution in [0.5, 0.6) is 0 Å². The fourth-order valence-corrected chi connectivity index (χ4v) is 1.50. The predicted octanol–water partition coefficient (Wildman–Crippen LogP) is -0.0499. The molecule has 0 aromatic carbocycles. The molecule has 0 aliphatic carbocycles. The van der Waals surface area contributed by atoms with Crippen molar-refractivity contribution in [2.24, 2.45) is 11.7 Å². The van der Waals surface area contributed by atoms with Gasteiger partial charge in [0.15, 0.2) is 0 Å². The van der Waals surface area contributed by atoms with Crippen molar-refractivity contribution in [3.63, 3.8) is 0 Å². The molecular weight excluding hydrogens is 172 g/mol. The number of amides is 2. The van der Waals surface area contributed by atoms with Crippen molar-refractivity contribution in [3.05, 3.63) is 0 Å². The summed E-state index contributed by atoms with van der Waals surface area (Å²) < 4.78 is 4.55. The maximum Gasteiger partial charge on any atom is 0.409 e. The Balaban J connectivity index is 2.51. The first-order valence-electron chi connectivity index (χ1n) is 4.27. The Labute approximate surface area is 76.8 Å². The fraction of sp³-hybridized carbons (Fsp3) is 0.750. The van der Waals surface area contributed by atoms with E-state index in [9.17, 15) is 9.59 Å². The zero-order valence-electron chi connectivity index (χ0n) is 7.66. The molecule has 1 atom stereocenters. The maximum absolute atomic E-state index is 11.1. The monoisotopic (exact) mass is 186 g/mol. The van der Waals surface area contributed by atoms with Crippen molar-refractivity contribution < 1.29 is 14.3 Å². The highest BCUT2D eigenvalue weighted by atomic mass is 16.5. The summed E-state index contributed by atoms with van der Waals surface area (Å²) in [6.07, 6.45) is 1.19. The molecule has 5 nitrogen and oxygen atoms in total. The smallest absolute Gasteiger partial charge is 0.409 e. The lowest BCUT2D eigenvalue weighted by Gasteiger charge is -2.29. The second-order valence-electron chi connectivity index (χ2n) is 3.16. The van der Waals surface area contributed by atoms with Crippen LogP contribution >= 0.6 is 0 Å². The number of hydrogen-bond donors (Lipinski definition) is 1. The summed E-state index contributed by atoms with van der Waals surface area (Å²) in [6, 6.07) is 0. The van der Waals surface area contributed by atoms with Crippen LogP contribution < -0.4 is 5.73 Å². The molecule has 1 fully saturated rings. The van der Waals surface area contributed by atoms with Gasteiger partial charge in [0.05, 0.1) is 13.0 Å². The molecule has 2 N–H and O–H groups in total. The number of carbonyl (C=O) groups excluding carboxylic acids is 2. The molecule has 0 aromatic rings. The van der Waals surface area contributed by atoms with Crippen LogP contribution in [-0.2, 0) is 9.53 Å². The number of rotatable bonds is 1. The molecule has 1 aliphatic heterocycles. The molecule has 1 heterocycles. The lowest BCUT2D eigenvalue weighted by molar-refractivity contribution is -0.123. The maximum atomic E-state index is 11.1. The summed E-state index contributed by atoms with van der Waals surface area (Å²) in [5, 5.41) is 0. The summed E-state index contributed by atoms with van der Waals surface area (Å²) >= 11 is 0. The highest BCUT2D eigenvalue weighted by Crippen LogP contribution is 2.16. The number of hydrogen-bond acceptors (Lipinski definition) is 3. The van der Waals surface area contributed by atoms with E-state index in [0.717, 1.165) is 12.8 Å². The van der Waals surface area contributed by atoms with Crippen molar-refractivity contribution in [2.45, 2.75) is 12.8 Å². The van der Waals surface area contributed by atoms with Gasteiger partial charge in [-0.1, -0.05) is 0 Å². The average Bonchev–Trinajstić information content (AvgIpc) is 2.17. The Morgan fingerprint density at radius 3 is 2.77 bits per heavy atom. The van der Waals surface area contributed by atoms with Gasteiger partial charge in [-0.3, -0.25) is 4.79 Å². The quantitative estimate of drug-likeness (QED) is 0.624. The number of nitrogens with two attached hydrogens (primary N) is 1. The lowest BCUT2D eigenvalue weighted by atomic mass is 9.98. The summed E-state index contributed by atoms with van der Waals surface area (Å²) in [6.45, 7) is 1.04. The van der Waals surface area contributed by atoms with Crippen LogP contribution in [0.3, 0.4) is 0 Å². The van der Waals surface area contributed by atoms with Gasteiger partial charge in [-0.15, -0.1) is 0 Å². The van der Waals surface area contributed by atoms with Crippen LogP contribution in [0.15, 0.2) is 0 Å². The molecular formula is C8H14N2O3. The second kappa shape index (κ2) is 4.11. The minimum absolute atomic E-state index is 0.215. The molecule has 0 unspecified atom stereocenters. The van der Waals surface area contributed by atoms with Crippen molar-refractivity contribution in [1.29, 1.82) is 0 Å². The zero-order valence-corrected chi connectivity index (χ0v) is 7.66. The number of primary amides is 1. The zero-order chi connectivity index (χ0) is 9.84. The largest absolute Gasteiger partial charge is 0.453 e. The molecule has 5 heteroatoms. The fourth-order valence-electron chi connectivity index (χ4n) is 1.50. The molecule has 0 aromatic heterocycles. The normalized spacial score (nSPS) is 22.5. The molecule has 0 bridgehead atoms. The van der Waals surface area contributed by atoms with Gasteiger partial charge >= 0.3 is 6.09 Å². The summed E-state index contributed by atoms with van der Waals surface area (Å²) in [5.41, 5.74) is 5.15. The van der Waals surface area contributed by atoms with E-state index in [1.165, 1.54) is 12.0 Å². The average molecular weight is 186 g/mol. The first-order chi connectivity index (χ1) is 6.15. The highest BCUT2D eigenvalue weighted by molar-refractivity contribution is 5.78. The third kappa shape index (κ3) is 2.34. The Bertz CT molecular complexity index is 217. The van der Waals surface area contributed by atoms with E-state index in [-0.39, 0.29) is 17.9 Å². The minimum Gasteiger partial charge on any atom is -0.453 e. The molecule has 1 saturated heterocycles. The lowest BCUT2D eigenvalue weighted by Crippen LogP contribution is -2.44. The predicted molar refractivity (Wildman–Crippen MR) is 45.9 cm³/mol. The van der Waals surface area contributed by atoms with Crippen molar-refractivity contribution in [2.75, 3.05) is 20.2 Å².